The quantitative estimate of drug-likeness (QED) is 0.306. The van der Waals surface area contributed by atoms with Gasteiger partial charge in [-0.1, -0.05) is 18.2 Å². The molecule has 0 bridgehead atoms. The van der Waals surface area contributed by atoms with Crippen LogP contribution < -0.4 is 30.5 Å². The first-order chi connectivity index (χ1) is 21.2. The summed E-state index contributed by atoms with van der Waals surface area (Å²) in [5.41, 5.74) is 0.185. The van der Waals surface area contributed by atoms with E-state index in [1.54, 1.807) is 48.0 Å². The number of nitrogens with zero attached hydrogens (tertiary/aromatic N) is 7. The Labute approximate surface area is 250 Å². The van der Waals surface area contributed by atoms with Gasteiger partial charge >= 0.3 is 5.69 Å². The lowest BCUT2D eigenvalue weighted by Gasteiger charge is -2.37. The average molecular weight is 604 g/mol. The maximum atomic E-state index is 14.7. The third-order valence-corrected chi connectivity index (χ3v) is 8.56. The van der Waals surface area contributed by atoms with Gasteiger partial charge in [0.05, 0.1) is 24.7 Å². The molecule has 5 heterocycles. The number of amides is 2. The molecule has 0 aliphatic carbocycles. The molecule has 7 rings (SSSR count). The van der Waals surface area contributed by atoms with Crippen LogP contribution in [0.2, 0.25) is 0 Å². The maximum Gasteiger partial charge on any atom is 0.332 e. The number of fused-ring (bicyclic) bond motifs is 2. The third-order valence-electron chi connectivity index (χ3n) is 8.56. The van der Waals surface area contributed by atoms with Crippen molar-refractivity contribution in [3.05, 3.63) is 74.7 Å². The molecule has 0 spiro atoms. The summed E-state index contributed by atoms with van der Waals surface area (Å²) in [6.45, 7) is 2.61. The van der Waals surface area contributed by atoms with Crippen molar-refractivity contribution in [2.75, 3.05) is 49.2 Å². The molecule has 14 heteroatoms. The van der Waals surface area contributed by atoms with Crippen LogP contribution in [0, 0.1) is 5.82 Å². The number of ether oxygens (including phenoxy) is 2. The van der Waals surface area contributed by atoms with Crippen LogP contribution >= 0.6 is 0 Å². The number of imide groups is 1. The smallest absolute Gasteiger partial charge is 0.332 e. The van der Waals surface area contributed by atoms with E-state index in [9.17, 15) is 23.6 Å². The van der Waals surface area contributed by atoms with Crippen molar-refractivity contribution in [3.63, 3.8) is 0 Å². The van der Waals surface area contributed by atoms with E-state index >= 15 is 0 Å². The lowest BCUT2D eigenvalue weighted by molar-refractivity contribution is -0.123. The van der Waals surface area contributed by atoms with Crippen LogP contribution in [-0.4, -0.2) is 80.8 Å². The topological polar surface area (TPSA) is 124 Å². The molecule has 13 nitrogen and oxygen atoms in total. The number of piperazine rings is 1. The molecule has 1 atom stereocenters. The Kier molecular flexibility index (Phi) is 6.72. The first-order valence-corrected chi connectivity index (χ1v) is 14.4. The summed E-state index contributed by atoms with van der Waals surface area (Å²) in [5, 5.41) is 0. The van der Waals surface area contributed by atoms with E-state index in [4.69, 9.17) is 14.5 Å². The number of hydrogen-bond acceptors (Lipinski definition) is 9. The Balaban J connectivity index is 1.15. The lowest BCUT2D eigenvalue weighted by atomic mass is 10.1. The summed E-state index contributed by atoms with van der Waals surface area (Å²) in [6, 6.07) is 10.7. The summed E-state index contributed by atoms with van der Waals surface area (Å²) < 4.78 is 29.9. The summed E-state index contributed by atoms with van der Waals surface area (Å²) in [4.78, 5) is 62.4. The molecule has 0 radical (unpaired) electrons. The molecule has 2 aromatic carbocycles. The van der Waals surface area contributed by atoms with E-state index in [-0.39, 0.29) is 35.9 Å². The number of carbonyl (C=O) groups is 2. The molecule has 2 amide bonds. The summed E-state index contributed by atoms with van der Waals surface area (Å²) >= 11 is 0. The predicted octanol–water partition coefficient (Wildman–Crippen LogP) is 0.846. The van der Waals surface area contributed by atoms with Gasteiger partial charge in [-0.25, -0.2) is 14.1 Å². The van der Waals surface area contributed by atoms with Gasteiger partial charge in [-0.2, -0.15) is 4.98 Å². The second kappa shape index (κ2) is 10.6. The maximum absolute atomic E-state index is 14.7. The molecule has 4 aromatic rings. The SMILES string of the molecule is Cn1c(=O)c2c(nc(N3CCN(C4CC(=O)N(c5ccc6c(c5)OCCO6)C4=O)CC3)n2Cc2ccccc2F)n(C)c1=O. The Morgan fingerprint density at radius 2 is 1.64 bits per heavy atom. The third kappa shape index (κ3) is 4.44. The van der Waals surface area contributed by atoms with E-state index in [1.807, 2.05) is 9.80 Å². The van der Waals surface area contributed by atoms with Crippen LogP contribution in [0.4, 0.5) is 16.0 Å². The van der Waals surface area contributed by atoms with Gasteiger partial charge in [0.25, 0.3) is 11.5 Å². The van der Waals surface area contributed by atoms with Crippen molar-refractivity contribution in [1.29, 1.82) is 0 Å². The Morgan fingerprint density at radius 3 is 2.39 bits per heavy atom. The van der Waals surface area contributed by atoms with Gasteiger partial charge in [0.15, 0.2) is 22.7 Å². The second-order valence-corrected chi connectivity index (χ2v) is 11.1. The molecular formula is C30H30FN7O6. The largest absolute Gasteiger partial charge is 0.486 e. The fraction of sp³-hybridized carbons (Fsp3) is 0.367. The number of halogens is 1. The standard InChI is InChI=1S/C30H30FN7O6/c1-33-26-25(28(41)34(2)30(33)42)37(17-18-5-3-4-6-20(18)31)29(32-26)36-11-9-35(10-12-36)21-16-24(39)38(27(21)40)19-7-8-22-23(15-19)44-14-13-43-22/h3-8,15,21H,9-14,16-17H2,1-2H3. The highest BCUT2D eigenvalue weighted by atomic mass is 19.1. The monoisotopic (exact) mass is 603 g/mol. The molecular weight excluding hydrogens is 573 g/mol. The number of benzene rings is 2. The molecule has 0 saturated carbocycles. The molecule has 3 aliphatic heterocycles. The molecule has 2 aromatic heterocycles. The Bertz CT molecular complexity index is 1940. The van der Waals surface area contributed by atoms with Gasteiger partial charge in [0.2, 0.25) is 11.9 Å². The highest BCUT2D eigenvalue weighted by molar-refractivity contribution is 6.22. The number of anilines is 2. The molecule has 44 heavy (non-hydrogen) atoms. The van der Waals surface area contributed by atoms with Crippen LogP contribution in [0.3, 0.4) is 0 Å². The van der Waals surface area contributed by atoms with Gasteiger partial charge in [0, 0.05) is 51.9 Å². The van der Waals surface area contributed by atoms with Crippen LogP contribution in [0.15, 0.2) is 52.1 Å². The predicted molar refractivity (Wildman–Crippen MR) is 158 cm³/mol. The molecule has 3 aliphatic rings. The molecule has 1 unspecified atom stereocenters. The first-order valence-electron chi connectivity index (χ1n) is 14.4. The first kappa shape index (κ1) is 27.8. The second-order valence-electron chi connectivity index (χ2n) is 11.1. The highest BCUT2D eigenvalue weighted by Gasteiger charge is 2.44. The number of hydrogen-bond donors (Lipinski definition) is 0. The van der Waals surface area contributed by atoms with Gasteiger partial charge in [0.1, 0.15) is 19.0 Å². The highest BCUT2D eigenvalue weighted by Crippen LogP contribution is 2.36. The Hall–Kier alpha value is -4.98. The minimum atomic E-state index is -0.622. The van der Waals surface area contributed by atoms with Crippen molar-refractivity contribution >= 4 is 34.6 Å². The van der Waals surface area contributed by atoms with Gasteiger partial charge in [-0.15, -0.1) is 0 Å². The van der Waals surface area contributed by atoms with Gasteiger partial charge < -0.3 is 14.4 Å². The minimum Gasteiger partial charge on any atom is -0.486 e. The van der Waals surface area contributed by atoms with Crippen molar-refractivity contribution in [1.82, 2.24) is 23.6 Å². The van der Waals surface area contributed by atoms with E-state index in [2.05, 4.69) is 0 Å². The Morgan fingerprint density at radius 1 is 0.909 bits per heavy atom. The van der Waals surface area contributed by atoms with Crippen molar-refractivity contribution in [2.24, 2.45) is 14.1 Å². The van der Waals surface area contributed by atoms with Crippen LogP contribution in [-0.2, 0) is 30.2 Å². The lowest BCUT2D eigenvalue weighted by Crippen LogP contribution is -2.53. The summed E-state index contributed by atoms with van der Waals surface area (Å²) in [6.07, 6.45) is 0.0528. The molecule has 2 saturated heterocycles. The van der Waals surface area contributed by atoms with Crippen molar-refractivity contribution in [3.8, 4) is 11.5 Å². The number of imidazole rings is 1. The van der Waals surface area contributed by atoms with Crippen LogP contribution in [0.1, 0.15) is 12.0 Å². The number of aromatic nitrogens is 4. The van der Waals surface area contributed by atoms with Crippen molar-refractivity contribution < 1.29 is 23.5 Å². The fourth-order valence-electron chi connectivity index (χ4n) is 6.20. The van der Waals surface area contributed by atoms with Gasteiger partial charge in [-0.3, -0.25) is 33.0 Å². The zero-order chi connectivity index (χ0) is 30.7. The number of rotatable bonds is 5. The normalized spacial score (nSPS) is 18.9. The molecule has 0 N–H and O–H groups in total. The van der Waals surface area contributed by atoms with Crippen LogP contribution in [0.5, 0.6) is 11.5 Å². The number of aryl methyl sites for hydroxylation is 1. The fourth-order valence-corrected chi connectivity index (χ4v) is 6.20. The minimum absolute atomic E-state index is 0.0340. The van der Waals surface area contributed by atoms with Crippen molar-refractivity contribution in [2.45, 2.75) is 19.0 Å². The average Bonchev–Trinajstić information content (AvgIpc) is 3.56. The van der Waals surface area contributed by atoms with Gasteiger partial charge in [-0.05, 0) is 18.2 Å². The van der Waals surface area contributed by atoms with E-state index in [1.165, 1.54) is 22.6 Å². The van der Waals surface area contributed by atoms with E-state index < -0.39 is 23.1 Å². The van der Waals surface area contributed by atoms with E-state index in [0.29, 0.717) is 68.1 Å². The molecule has 2 fully saturated rings. The zero-order valence-electron chi connectivity index (χ0n) is 24.2. The molecule has 228 valence electrons. The zero-order valence-corrected chi connectivity index (χ0v) is 24.2. The summed E-state index contributed by atoms with van der Waals surface area (Å²) in [7, 11) is 2.94. The van der Waals surface area contributed by atoms with Crippen LogP contribution in [0.25, 0.3) is 11.2 Å². The summed E-state index contributed by atoms with van der Waals surface area (Å²) in [5.74, 6) is 0.488. The van der Waals surface area contributed by atoms with E-state index in [0.717, 1.165) is 4.57 Å². The number of carbonyl (C=O) groups excluding carboxylic acids is 2.